The van der Waals surface area contributed by atoms with Gasteiger partial charge in [0.1, 0.15) is 6.07 Å². The highest BCUT2D eigenvalue weighted by atomic mass is 35.5. The van der Waals surface area contributed by atoms with Crippen LogP contribution in [0.3, 0.4) is 0 Å². The molecular formula is C21H19ClN8O2. The maximum atomic E-state index is 10.9. The van der Waals surface area contributed by atoms with Gasteiger partial charge >= 0.3 is 0 Å². The summed E-state index contributed by atoms with van der Waals surface area (Å²) in [7, 11) is 0. The van der Waals surface area contributed by atoms with Crippen molar-refractivity contribution in [3.05, 3.63) is 40.2 Å². The van der Waals surface area contributed by atoms with Gasteiger partial charge in [-0.15, -0.1) is 5.10 Å². The topological polar surface area (TPSA) is 144 Å². The van der Waals surface area contributed by atoms with Gasteiger partial charge in [-0.2, -0.15) is 20.0 Å². The second-order valence-corrected chi connectivity index (χ2v) is 8.78. The Morgan fingerprint density at radius 2 is 2.09 bits per heavy atom. The average molecular weight is 451 g/mol. The van der Waals surface area contributed by atoms with E-state index in [9.17, 15) is 15.6 Å². The van der Waals surface area contributed by atoms with E-state index in [1.54, 1.807) is 12.1 Å². The van der Waals surface area contributed by atoms with Gasteiger partial charge in [0.25, 0.3) is 0 Å². The van der Waals surface area contributed by atoms with Crippen LogP contribution in [-0.4, -0.2) is 43.9 Å². The van der Waals surface area contributed by atoms with E-state index in [1.165, 1.54) is 10.7 Å². The third-order valence-electron chi connectivity index (χ3n) is 5.69. The number of nitriles is 2. The van der Waals surface area contributed by atoms with Crippen LogP contribution in [0.4, 0.5) is 17.5 Å². The Labute approximate surface area is 188 Å². The van der Waals surface area contributed by atoms with Crippen molar-refractivity contribution in [3.63, 3.8) is 0 Å². The molecule has 5 rings (SSSR count). The lowest BCUT2D eigenvalue weighted by Gasteiger charge is -2.42. The van der Waals surface area contributed by atoms with E-state index in [0.29, 0.717) is 47.5 Å². The number of halogens is 1. The summed E-state index contributed by atoms with van der Waals surface area (Å²) in [4.78, 5) is 8.78. The van der Waals surface area contributed by atoms with Crippen molar-refractivity contribution >= 4 is 34.7 Å². The van der Waals surface area contributed by atoms with Gasteiger partial charge in [0, 0.05) is 17.0 Å². The van der Waals surface area contributed by atoms with E-state index >= 15 is 0 Å². The van der Waals surface area contributed by atoms with Crippen LogP contribution in [0, 0.1) is 28.1 Å². The monoisotopic (exact) mass is 450 g/mol. The summed E-state index contributed by atoms with van der Waals surface area (Å²) in [5, 5.41) is 40.8. The van der Waals surface area contributed by atoms with Crippen molar-refractivity contribution in [1.82, 2.24) is 19.6 Å². The summed E-state index contributed by atoms with van der Waals surface area (Å²) in [6.07, 6.45) is 2.59. The Hall–Kier alpha value is -3.44. The number of aromatic nitrogens is 4. The number of benzene rings is 1. The zero-order valence-electron chi connectivity index (χ0n) is 17.1. The maximum Gasteiger partial charge on any atom is 0.247 e. The minimum Gasteiger partial charge on any atom is -0.388 e. The van der Waals surface area contributed by atoms with E-state index in [1.807, 2.05) is 6.92 Å². The molecule has 2 aromatic heterocycles. The van der Waals surface area contributed by atoms with Gasteiger partial charge in [0.15, 0.2) is 17.2 Å². The standard InChI is InChI=1S/C21H19ClN8O2/c1-21(9-32-10-21)17(31)14-4-11(6-23)5-15(16(14)22)27-20-28-18(26-12-2-3-12)19-25-8-13(7-24)30(19)29-20/h4-5,8,12,17,31H,2-3,9-10H2,1H3,(H2,26,27,28,29). The number of nitrogens with one attached hydrogen (secondary N) is 2. The molecule has 0 amide bonds. The Morgan fingerprint density at radius 3 is 2.72 bits per heavy atom. The molecule has 0 bridgehead atoms. The van der Waals surface area contributed by atoms with E-state index < -0.39 is 11.5 Å². The molecule has 2 aliphatic rings. The highest BCUT2D eigenvalue weighted by Crippen LogP contribution is 2.44. The van der Waals surface area contributed by atoms with Crippen LogP contribution in [0.5, 0.6) is 0 Å². The van der Waals surface area contributed by atoms with Gasteiger partial charge in [-0.3, -0.25) is 0 Å². The minimum absolute atomic E-state index is 0.172. The highest BCUT2D eigenvalue weighted by molar-refractivity contribution is 6.34. The predicted molar refractivity (Wildman–Crippen MR) is 115 cm³/mol. The fraction of sp³-hybridized carbons (Fsp3) is 0.381. The molecule has 1 aliphatic heterocycles. The summed E-state index contributed by atoms with van der Waals surface area (Å²) >= 11 is 6.64. The van der Waals surface area contributed by atoms with Gasteiger partial charge in [0.2, 0.25) is 5.95 Å². The summed E-state index contributed by atoms with van der Waals surface area (Å²) in [5.74, 6) is 0.671. The van der Waals surface area contributed by atoms with Crippen molar-refractivity contribution in [2.24, 2.45) is 5.41 Å². The van der Waals surface area contributed by atoms with Crippen LogP contribution >= 0.6 is 11.6 Å². The first-order valence-corrected chi connectivity index (χ1v) is 10.5. The van der Waals surface area contributed by atoms with Crippen LogP contribution in [0.1, 0.15) is 42.7 Å². The van der Waals surface area contributed by atoms with Gasteiger partial charge < -0.3 is 20.5 Å². The number of ether oxygens (including phenoxy) is 1. The first-order chi connectivity index (χ1) is 15.4. The highest BCUT2D eigenvalue weighted by Gasteiger charge is 2.42. The molecule has 1 saturated carbocycles. The molecule has 162 valence electrons. The second kappa shape index (κ2) is 7.61. The zero-order chi connectivity index (χ0) is 22.5. The van der Waals surface area contributed by atoms with Gasteiger partial charge in [-0.05, 0) is 25.0 Å². The molecule has 3 aromatic rings. The van der Waals surface area contributed by atoms with Gasteiger partial charge in [-0.25, -0.2) is 4.98 Å². The Morgan fingerprint density at radius 1 is 1.31 bits per heavy atom. The number of hydrogen-bond donors (Lipinski definition) is 3. The van der Waals surface area contributed by atoms with E-state index in [-0.39, 0.29) is 16.7 Å². The Bertz CT molecular complexity index is 1300. The molecule has 1 aliphatic carbocycles. The van der Waals surface area contributed by atoms with E-state index in [4.69, 9.17) is 16.3 Å². The number of rotatable bonds is 6. The molecule has 11 heteroatoms. The number of anilines is 3. The first-order valence-electron chi connectivity index (χ1n) is 10.1. The number of nitrogens with zero attached hydrogens (tertiary/aromatic N) is 6. The SMILES string of the molecule is CC1(C(O)c2cc(C#N)cc(Nc3nc(NC4CC4)c4ncc(C#N)n4n3)c2Cl)COC1. The number of imidazole rings is 1. The van der Waals surface area contributed by atoms with Crippen molar-refractivity contribution in [2.45, 2.75) is 31.9 Å². The predicted octanol–water partition coefficient (Wildman–Crippen LogP) is 2.91. The van der Waals surface area contributed by atoms with Crippen molar-refractivity contribution < 1.29 is 9.84 Å². The Kier molecular flexibility index (Phi) is 4.86. The third-order valence-corrected chi connectivity index (χ3v) is 6.11. The fourth-order valence-electron chi connectivity index (χ4n) is 3.61. The lowest BCUT2D eigenvalue weighted by molar-refractivity contribution is -0.162. The molecule has 3 heterocycles. The zero-order valence-corrected chi connectivity index (χ0v) is 17.9. The molecule has 3 N–H and O–H groups in total. The number of aliphatic hydroxyl groups is 1. The second-order valence-electron chi connectivity index (χ2n) is 8.41. The van der Waals surface area contributed by atoms with Crippen LogP contribution in [0.2, 0.25) is 5.02 Å². The van der Waals surface area contributed by atoms with Crippen molar-refractivity contribution in [2.75, 3.05) is 23.8 Å². The molecule has 1 saturated heterocycles. The largest absolute Gasteiger partial charge is 0.388 e. The summed E-state index contributed by atoms with van der Waals surface area (Å²) in [6, 6.07) is 7.62. The molecule has 0 radical (unpaired) electrons. The van der Waals surface area contributed by atoms with Gasteiger partial charge in [0.05, 0.1) is 47.9 Å². The Balaban J connectivity index is 1.57. The van der Waals surface area contributed by atoms with Crippen LogP contribution < -0.4 is 10.6 Å². The normalized spacial score (nSPS) is 17.8. The van der Waals surface area contributed by atoms with Crippen LogP contribution in [0.15, 0.2) is 18.3 Å². The lowest BCUT2D eigenvalue weighted by atomic mass is 9.78. The molecule has 1 atom stereocenters. The van der Waals surface area contributed by atoms with E-state index in [0.717, 1.165) is 12.8 Å². The summed E-state index contributed by atoms with van der Waals surface area (Å²) < 4.78 is 6.67. The maximum absolute atomic E-state index is 10.9. The number of hydrogen-bond acceptors (Lipinski definition) is 9. The summed E-state index contributed by atoms with van der Waals surface area (Å²) in [5.41, 5.74) is 1.35. The molecule has 1 unspecified atom stereocenters. The molecule has 32 heavy (non-hydrogen) atoms. The van der Waals surface area contributed by atoms with Gasteiger partial charge in [-0.1, -0.05) is 18.5 Å². The molecule has 10 nitrogen and oxygen atoms in total. The molecular weight excluding hydrogens is 432 g/mol. The molecule has 2 fully saturated rings. The van der Waals surface area contributed by atoms with Crippen molar-refractivity contribution in [1.29, 1.82) is 10.5 Å². The number of fused-ring (bicyclic) bond motifs is 1. The fourth-order valence-corrected chi connectivity index (χ4v) is 3.87. The average Bonchev–Trinajstić information content (AvgIpc) is 3.49. The lowest BCUT2D eigenvalue weighted by Crippen LogP contribution is -2.44. The quantitative estimate of drug-likeness (QED) is 0.516. The molecule has 1 aromatic carbocycles. The smallest absolute Gasteiger partial charge is 0.247 e. The minimum atomic E-state index is -0.910. The van der Waals surface area contributed by atoms with Crippen LogP contribution in [-0.2, 0) is 4.74 Å². The van der Waals surface area contributed by atoms with E-state index in [2.05, 4.69) is 37.8 Å². The summed E-state index contributed by atoms with van der Waals surface area (Å²) in [6.45, 7) is 2.70. The van der Waals surface area contributed by atoms with Crippen molar-refractivity contribution in [3.8, 4) is 12.1 Å². The number of aliphatic hydroxyl groups excluding tert-OH is 1. The first kappa shape index (κ1) is 20.5. The molecule has 0 spiro atoms. The third kappa shape index (κ3) is 3.49. The van der Waals surface area contributed by atoms with Crippen LogP contribution in [0.25, 0.3) is 5.65 Å².